The van der Waals surface area contributed by atoms with Crippen molar-refractivity contribution in [2.45, 2.75) is 24.1 Å². The second kappa shape index (κ2) is 6.43. The lowest BCUT2D eigenvalue weighted by molar-refractivity contribution is -0.274. The van der Waals surface area contributed by atoms with Gasteiger partial charge in [0.2, 0.25) is 10.0 Å². The Hall–Kier alpha value is -1.32. The Morgan fingerprint density at radius 3 is 2.18 bits per heavy atom. The molecule has 0 radical (unpaired) electrons. The van der Waals surface area contributed by atoms with Crippen LogP contribution in [-0.4, -0.2) is 43.9 Å². The molecule has 1 saturated heterocycles. The smallest absolute Gasteiger partial charge is 0.406 e. The molecule has 0 aromatic heterocycles. The van der Waals surface area contributed by atoms with E-state index in [-0.39, 0.29) is 30.5 Å². The molecule has 1 aromatic rings. The van der Waals surface area contributed by atoms with Crippen molar-refractivity contribution >= 4 is 10.0 Å². The number of halogens is 3. The van der Waals surface area contributed by atoms with Crippen molar-refractivity contribution in [1.29, 1.82) is 0 Å². The molecule has 0 amide bonds. The highest BCUT2D eigenvalue weighted by Crippen LogP contribution is 2.27. The van der Waals surface area contributed by atoms with Crippen molar-refractivity contribution < 1.29 is 31.4 Å². The number of sulfonamides is 1. The van der Waals surface area contributed by atoms with Gasteiger partial charge < -0.3 is 9.84 Å². The van der Waals surface area contributed by atoms with E-state index in [1.54, 1.807) is 0 Å². The number of nitrogens with zero attached hydrogens (tertiary/aromatic N) is 1. The summed E-state index contributed by atoms with van der Waals surface area (Å²) in [4.78, 5) is -0.0792. The van der Waals surface area contributed by atoms with Crippen LogP contribution in [0.25, 0.3) is 0 Å². The molecule has 5 nitrogen and oxygen atoms in total. The number of rotatable bonds is 4. The Morgan fingerprint density at radius 2 is 1.73 bits per heavy atom. The molecule has 124 valence electrons. The number of ether oxygens (including phenoxy) is 1. The molecule has 0 unspecified atom stereocenters. The topological polar surface area (TPSA) is 66.8 Å². The van der Waals surface area contributed by atoms with E-state index in [4.69, 9.17) is 5.11 Å². The lowest BCUT2D eigenvalue weighted by Gasteiger charge is -2.30. The number of alkyl halides is 3. The third-order valence-electron chi connectivity index (χ3n) is 3.53. The molecule has 2 rings (SSSR count). The van der Waals surface area contributed by atoms with Gasteiger partial charge in [0.1, 0.15) is 5.75 Å². The third kappa shape index (κ3) is 4.11. The van der Waals surface area contributed by atoms with Gasteiger partial charge in [0.05, 0.1) is 4.90 Å². The third-order valence-corrected chi connectivity index (χ3v) is 5.44. The van der Waals surface area contributed by atoms with Crippen LogP contribution in [0.5, 0.6) is 5.75 Å². The summed E-state index contributed by atoms with van der Waals surface area (Å²) in [6.45, 7) is 0.597. The van der Waals surface area contributed by atoms with Crippen LogP contribution in [0.3, 0.4) is 0 Å². The molecule has 1 fully saturated rings. The molecule has 0 saturated carbocycles. The maximum absolute atomic E-state index is 12.4. The highest BCUT2D eigenvalue weighted by atomic mass is 32.2. The van der Waals surface area contributed by atoms with Gasteiger partial charge in [0, 0.05) is 19.7 Å². The van der Waals surface area contributed by atoms with Gasteiger partial charge in [0.25, 0.3) is 0 Å². The number of piperidine rings is 1. The van der Waals surface area contributed by atoms with E-state index in [0.717, 1.165) is 24.3 Å². The quantitative estimate of drug-likeness (QED) is 0.911. The Kier molecular flexibility index (Phi) is 4.98. The minimum atomic E-state index is -4.81. The maximum atomic E-state index is 12.4. The molecule has 1 aliphatic rings. The average Bonchev–Trinajstić information content (AvgIpc) is 2.46. The molecule has 0 aliphatic carbocycles. The zero-order valence-electron chi connectivity index (χ0n) is 11.6. The summed E-state index contributed by atoms with van der Waals surface area (Å²) in [7, 11) is -3.74. The van der Waals surface area contributed by atoms with Crippen LogP contribution >= 0.6 is 0 Å². The first kappa shape index (κ1) is 17.0. The molecular formula is C13H16F3NO4S. The Balaban J connectivity index is 2.10. The van der Waals surface area contributed by atoms with Crippen LogP contribution in [0.15, 0.2) is 29.2 Å². The van der Waals surface area contributed by atoms with Crippen LogP contribution in [0.2, 0.25) is 0 Å². The van der Waals surface area contributed by atoms with Gasteiger partial charge in [-0.1, -0.05) is 0 Å². The van der Waals surface area contributed by atoms with Gasteiger partial charge in [-0.2, -0.15) is 4.31 Å². The van der Waals surface area contributed by atoms with E-state index < -0.39 is 22.1 Å². The zero-order valence-corrected chi connectivity index (χ0v) is 12.4. The lowest BCUT2D eigenvalue weighted by Crippen LogP contribution is -2.39. The van der Waals surface area contributed by atoms with Crippen LogP contribution in [0.1, 0.15) is 12.8 Å². The van der Waals surface area contributed by atoms with Crippen molar-refractivity contribution in [3.05, 3.63) is 24.3 Å². The van der Waals surface area contributed by atoms with E-state index in [0.29, 0.717) is 12.8 Å². The fraction of sp³-hybridized carbons (Fsp3) is 0.538. The second-order valence-electron chi connectivity index (χ2n) is 5.05. The summed E-state index contributed by atoms with van der Waals surface area (Å²) in [6.07, 6.45) is -3.69. The Bertz CT molecular complexity index is 593. The minimum absolute atomic E-state index is 0.0252. The van der Waals surface area contributed by atoms with Crippen LogP contribution in [0.4, 0.5) is 13.2 Å². The normalized spacial score (nSPS) is 18.4. The maximum Gasteiger partial charge on any atom is 0.573 e. The van der Waals surface area contributed by atoms with E-state index >= 15 is 0 Å². The Labute approximate surface area is 126 Å². The van der Waals surface area contributed by atoms with Gasteiger partial charge in [-0.15, -0.1) is 13.2 Å². The van der Waals surface area contributed by atoms with Gasteiger partial charge in [-0.25, -0.2) is 8.42 Å². The van der Waals surface area contributed by atoms with Crippen molar-refractivity contribution in [3.63, 3.8) is 0 Å². The summed E-state index contributed by atoms with van der Waals surface area (Å²) in [5, 5.41) is 9.05. The molecule has 1 heterocycles. The molecular weight excluding hydrogens is 323 g/mol. The highest BCUT2D eigenvalue weighted by Gasteiger charge is 2.32. The number of hydrogen-bond acceptors (Lipinski definition) is 4. The first-order chi connectivity index (χ1) is 10.2. The lowest BCUT2D eigenvalue weighted by atomic mass is 10.00. The van der Waals surface area contributed by atoms with Gasteiger partial charge in [-0.3, -0.25) is 0 Å². The zero-order chi connectivity index (χ0) is 16.4. The van der Waals surface area contributed by atoms with Crippen molar-refractivity contribution in [2.75, 3.05) is 19.7 Å². The highest BCUT2D eigenvalue weighted by molar-refractivity contribution is 7.89. The Morgan fingerprint density at radius 1 is 1.18 bits per heavy atom. The summed E-state index contributed by atoms with van der Waals surface area (Å²) in [5.74, 6) is -0.376. The van der Waals surface area contributed by atoms with Crippen LogP contribution in [0, 0.1) is 5.92 Å². The first-order valence-corrected chi connectivity index (χ1v) is 8.13. The first-order valence-electron chi connectivity index (χ1n) is 6.69. The van der Waals surface area contributed by atoms with Gasteiger partial charge >= 0.3 is 6.36 Å². The number of hydrogen-bond donors (Lipinski definition) is 1. The molecule has 9 heteroatoms. The van der Waals surface area contributed by atoms with E-state index in [2.05, 4.69) is 4.74 Å². The molecule has 1 N–H and O–H groups in total. The van der Waals surface area contributed by atoms with Crippen LogP contribution in [-0.2, 0) is 10.0 Å². The second-order valence-corrected chi connectivity index (χ2v) is 6.99. The average molecular weight is 339 g/mol. The van der Waals surface area contributed by atoms with Crippen LogP contribution < -0.4 is 4.74 Å². The van der Waals surface area contributed by atoms with E-state index in [1.165, 1.54) is 4.31 Å². The summed E-state index contributed by atoms with van der Waals surface area (Å²) in [6, 6.07) is 4.13. The molecule has 0 atom stereocenters. The molecule has 1 aromatic carbocycles. The molecule has 1 aliphatic heterocycles. The van der Waals surface area contributed by atoms with Crippen molar-refractivity contribution in [1.82, 2.24) is 4.31 Å². The SMILES string of the molecule is O=S(=O)(c1ccc(OC(F)(F)F)cc1)N1CCC(CO)CC1. The largest absolute Gasteiger partial charge is 0.573 e. The van der Waals surface area contributed by atoms with Crippen molar-refractivity contribution in [3.8, 4) is 5.75 Å². The van der Waals surface area contributed by atoms with Gasteiger partial charge in [-0.05, 0) is 43.0 Å². The molecule has 22 heavy (non-hydrogen) atoms. The minimum Gasteiger partial charge on any atom is -0.406 e. The predicted molar refractivity (Wildman–Crippen MR) is 71.7 cm³/mol. The van der Waals surface area contributed by atoms with E-state index in [1.807, 2.05) is 0 Å². The summed E-state index contributed by atoms with van der Waals surface area (Å²) in [5.41, 5.74) is 0. The molecule has 0 spiro atoms. The number of benzene rings is 1. The molecule has 0 bridgehead atoms. The number of aliphatic hydroxyl groups is 1. The predicted octanol–water partition coefficient (Wildman–Crippen LogP) is 1.98. The fourth-order valence-electron chi connectivity index (χ4n) is 2.29. The standard InChI is InChI=1S/C13H16F3NO4S/c14-13(15,16)21-11-1-3-12(4-2-11)22(19,20)17-7-5-10(9-18)6-8-17/h1-4,10,18H,5-9H2. The fourth-order valence-corrected chi connectivity index (χ4v) is 3.76. The van der Waals surface area contributed by atoms with Crippen molar-refractivity contribution in [2.24, 2.45) is 5.92 Å². The summed E-state index contributed by atoms with van der Waals surface area (Å²) >= 11 is 0. The monoisotopic (exact) mass is 339 g/mol. The summed E-state index contributed by atoms with van der Waals surface area (Å²) < 4.78 is 65.9. The van der Waals surface area contributed by atoms with Gasteiger partial charge in [0.15, 0.2) is 0 Å². The van der Waals surface area contributed by atoms with E-state index in [9.17, 15) is 21.6 Å². The number of aliphatic hydroxyl groups excluding tert-OH is 1.